The second-order valence-corrected chi connectivity index (χ2v) is 8.48. The molecule has 0 radical (unpaired) electrons. The lowest BCUT2D eigenvalue weighted by Gasteiger charge is -2.40. The van der Waals surface area contributed by atoms with Gasteiger partial charge in [-0.15, -0.1) is 0 Å². The number of amides is 5. The Balaban J connectivity index is 2.06. The van der Waals surface area contributed by atoms with Gasteiger partial charge in [0.1, 0.15) is 12.1 Å². The van der Waals surface area contributed by atoms with E-state index in [2.05, 4.69) is 10.6 Å². The van der Waals surface area contributed by atoms with Gasteiger partial charge < -0.3 is 26.2 Å². The van der Waals surface area contributed by atoms with E-state index >= 15 is 0 Å². The number of nitrogens with two attached hydrogens (primary N) is 1. The quantitative estimate of drug-likeness (QED) is 0.593. The molecule has 0 spiro atoms. The molecule has 2 unspecified atom stereocenters. The first-order valence-electron chi connectivity index (χ1n) is 10.6. The van der Waals surface area contributed by atoms with Crippen LogP contribution in [0.3, 0.4) is 0 Å². The Labute approximate surface area is 172 Å². The number of hydrogen-bond acceptors (Lipinski definition) is 4. The minimum Gasteiger partial charge on any atom is -0.368 e. The lowest BCUT2D eigenvalue weighted by Crippen LogP contribution is -2.64. The van der Waals surface area contributed by atoms with Crippen molar-refractivity contribution in [2.24, 2.45) is 11.7 Å². The summed E-state index contributed by atoms with van der Waals surface area (Å²) < 4.78 is 0. The molecule has 0 aromatic carbocycles. The number of rotatable bonds is 6. The van der Waals surface area contributed by atoms with Crippen molar-refractivity contribution in [1.82, 2.24) is 20.4 Å². The fourth-order valence-corrected chi connectivity index (χ4v) is 4.18. The zero-order valence-electron chi connectivity index (χ0n) is 17.8. The van der Waals surface area contributed by atoms with Crippen LogP contribution >= 0.6 is 0 Å². The third-order valence-corrected chi connectivity index (χ3v) is 5.74. The zero-order valence-corrected chi connectivity index (χ0v) is 17.8. The van der Waals surface area contributed by atoms with Gasteiger partial charge in [-0.3, -0.25) is 14.4 Å². The summed E-state index contributed by atoms with van der Waals surface area (Å²) in [7, 11) is 0. The van der Waals surface area contributed by atoms with E-state index in [1.54, 1.807) is 0 Å². The highest BCUT2D eigenvalue weighted by Crippen LogP contribution is 2.27. The van der Waals surface area contributed by atoms with E-state index in [4.69, 9.17) is 5.73 Å². The number of carbonyl (C=O) groups excluding carboxylic acids is 4. The van der Waals surface area contributed by atoms with Gasteiger partial charge in [-0.1, -0.05) is 32.1 Å². The van der Waals surface area contributed by atoms with Gasteiger partial charge in [0.05, 0.1) is 6.54 Å². The van der Waals surface area contributed by atoms with Crippen molar-refractivity contribution in [3.63, 3.8) is 0 Å². The molecule has 9 heteroatoms. The van der Waals surface area contributed by atoms with E-state index in [1.165, 1.54) is 23.1 Å². The number of nitrogens with zero attached hydrogens (tertiary/aromatic N) is 2. The molecule has 4 N–H and O–H groups in total. The normalized spacial score (nSPS) is 21.6. The molecule has 1 aliphatic carbocycles. The lowest BCUT2D eigenvalue weighted by atomic mass is 9.84. The molecule has 5 amide bonds. The average Bonchev–Trinajstić information content (AvgIpc) is 2.67. The predicted octanol–water partition coefficient (Wildman–Crippen LogP) is 0.578. The van der Waals surface area contributed by atoms with E-state index in [1.807, 2.05) is 13.8 Å². The molecule has 29 heavy (non-hydrogen) atoms. The molecule has 1 saturated heterocycles. The van der Waals surface area contributed by atoms with Crippen LogP contribution in [0.15, 0.2) is 0 Å². The Bertz CT molecular complexity index is 618. The Morgan fingerprint density at radius 2 is 1.69 bits per heavy atom. The van der Waals surface area contributed by atoms with Crippen LogP contribution < -0.4 is 16.4 Å². The first kappa shape index (κ1) is 23.0. The largest absolute Gasteiger partial charge is 0.368 e. The summed E-state index contributed by atoms with van der Waals surface area (Å²) in [4.78, 5) is 52.3. The predicted molar refractivity (Wildman–Crippen MR) is 109 cm³/mol. The number of hydrogen-bond donors (Lipinski definition) is 3. The zero-order chi connectivity index (χ0) is 21.6. The fourth-order valence-electron chi connectivity index (χ4n) is 4.18. The van der Waals surface area contributed by atoms with E-state index in [9.17, 15) is 19.2 Å². The summed E-state index contributed by atoms with van der Waals surface area (Å²) in [5.41, 5.74) is 5.55. The second kappa shape index (κ2) is 10.5. The number of urea groups is 1. The third-order valence-electron chi connectivity index (χ3n) is 5.74. The van der Waals surface area contributed by atoms with Gasteiger partial charge in [-0.2, -0.15) is 0 Å². The number of nitrogens with one attached hydrogen (secondary N) is 2. The highest BCUT2D eigenvalue weighted by molar-refractivity contribution is 5.92. The third kappa shape index (κ3) is 6.61. The molecule has 2 aliphatic rings. The Morgan fingerprint density at radius 3 is 2.24 bits per heavy atom. The van der Waals surface area contributed by atoms with Gasteiger partial charge in [0.15, 0.2) is 0 Å². The van der Waals surface area contributed by atoms with Crippen molar-refractivity contribution in [2.75, 3.05) is 19.6 Å². The molecule has 0 aromatic heterocycles. The van der Waals surface area contributed by atoms with Crippen LogP contribution in [0, 0.1) is 5.92 Å². The van der Waals surface area contributed by atoms with Gasteiger partial charge in [-0.05, 0) is 26.2 Å². The van der Waals surface area contributed by atoms with E-state index in [-0.39, 0.29) is 31.1 Å². The van der Waals surface area contributed by atoms with Gasteiger partial charge >= 0.3 is 6.03 Å². The van der Waals surface area contributed by atoms with Crippen LogP contribution in [0.1, 0.15) is 59.3 Å². The van der Waals surface area contributed by atoms with Crippen LogP contribution in [0.5, 0.6) is 0 Å². The molecule has 9 nitrogen and oxygen atoms in total. The molecule has 164 valence electrons. The summed E-state index contributed by atoms with van der Waals surface area (Å²) in [6, 6.07) is -1.91. The van der Waals surface area contributed by atoms with Crippen LogP contribution in [-0.2, 0) is 14.4 Å². The maximum absolute atomic E-state index is 13.0. The van der Waals surface area contributed by atoms with Crippen LogP contribution in [0.25, 0.3) is 0 Å². The molecular formula is C20H35N5O4. The van der Waals surface area contributed by atoms with Crippen molar-refractivity contribution < 1.29 is 19.2 Å². The standard InChI is InChI=1S/C20H35N5O4/c1-13(2)22-20(29)24-9-10-25(14(3)26)17(12-24)19(28)23-16(18(21)27)11-15-7-5-4-6-8-15/h13,15-17H,4-12H2,1-3H3,(H2,21,27)(H,22,29)(H,23,28). The molecule has 2 rings (SSSR count). The highest BCUT2D eigenvalue weighted by Gasteiger charge is 2.37. The summed E-state index contributed by atoms with van der Waals surface area (Å²) in [6.45, 7) is 5.82. The van der Waals surface area contributed by atoms with E-state index in [0.29, 0.717) is 18.9 Å². The average molecular weight is 410 g/mol. The van der Waals surface area contributed by atoms with Crippen molar-refractivity contribution in [3.05, 3.63) is 0 Å². The fraction of sp³-hybridized carbons (Fsp3) is 0.800. The molecule has 1 aliphatic heterocycles. The number of carbonyl (C=O) groups is 4. The molecular weight excluding hydrogens is 374 g/mol. The van der Waals surface area contributed by atoms with E-state index < -0.39 is 23.9 Å². The number of piperazine rings is 1. The first-order chi connectivity index (χ1) is 13.7. The minimum atomic E-state index is -0.840. The smallest absolute Gasteiger partial charge is 0.317 e. The maximum Gasteiger partial charge on any atom is 0.317 e. The summed E-state index contributed by atoms with van der Waals surface area (Å²) in [5, 5.41) is 5.56. The monoisotopic (exact) mass is 409 g/mol. The van der Waals surface area contributed by atoms with Crippen molar-refractivity contribution in [2.45, 2.75) is 77.4 Å². The van der Waals surface area contributed by atoms with Crippen LogP contribution in [0.2, 0.25) is 0 Å². The molecule has 2 fully saturated rings. The minimum absolute atomic E-state index is 0.0321. The van der Waals surface area contributed by atoms with Crippen molar-refractivity contribution >= 4 is 23.8 Å². The second-order valence-electron chi connectivity index (χ2n) is 8.48. The Kier molecular flexibility index (Phi) is 8.28. The SMILES string of the molecule is CC(=O)N1CCN(C(=O)NC(C)C)CC1C(=O)NC(CC1CCCCC1)C(N)=O. The molecule has 0 aromatic rings. The molecule has 1 heterocycles. The van der Waals surface area contributed by atoms with Gasteiger partial charge in [0, 0.05) is 26.1 Å². The van der Waals surface area contributed by atoms with Crippen LogP contribution in [-0.4, -0.2) is 71.3 Å². The van der Waals surface area contributed by atoms with Gasteiger partial charge in [0.2, 0.25) is 17.7 Å². The maximum atomic E-state index is 13.0. The van der Waals surface area contributed by atoms with Gasteiger partial charge in [0.25, 0.3) is 0 Å². The van der Waals surface area contributed by atoms with Crippen molar-refractivity contribution in [3.8, 4) is 0 Å². The number of primary amides is 1. The first-order valence-corrected chi connectivity index (χ1v) is 10.6. The molecule has 0 bridgehead atoms. The molecule has 1 saturated carbocycles. The van der Waals surface area contributed by atoms with E-state index in [0.717, 1.165) is 25.7 Å². The molecule has 2 atom stereocenters. The topological polar surface area (TPSA) is 125 Å². The highest BCUT2D eigenvalue weighted by atomic mass is 16.2. The Morgan fingerprint density at radius 1 is 1.03 bits per heavy atom. The van der Waals surface area contributed by atoms with Crippen molar-refractivity contribution in [1.29, 1.82) is 0 Å². The Hall–Kier alpha value is -2.32. The van der Waals surface area contributed by atoms with Gasteiger partial charge in [-0.25, -0.2) is 4.79 Å². The summed E-state index contributed by atoms with van der Waals surface area (Å²) in [5.74, 6) is -0.882. The van der Waals surface area contributed by atoms with Crippen LogP contribution in [0.4, 0.5) is 4.79 Å². The summed E-state index contributed by atoms with van der Waals surface area (Å²) >= 11 is 0. The lowest BCUT2D eigenvalue weighted by molar-refractivity contribution is -0.142. The summed E-state index contributed by atoms with van der Waals surface area (Å²) in [6.07, 6.45) is 6.05.